The van der Waals surface area contributed by atoms with Gasteiger partial charge in [0.05, 0.1) is 18.6 Å². The van der Waals surface area contributed by atoms with Gasteiger partial charge in [0.15, 0.2) is 0 Å². The first-order chi connectivity index (χ1) is 8.43. The van der Waals surface area contributed by atoms with Crippen LogP contribution in [0.1, 0.15) is 26.7 Å². The zero-order valence-electron chi connectivity index (χ0n) is 11.1. The Morgan fingerprint density at radius 1 is 1.39 bits per heavy atom. The number of amides is 2. The molecule has 3 fully saturated rings. The van der Waals surface area contributed by atoms with E-state index in [1.165, 1.54) is 4.90 Å². The highest BCUT2D eigenvalue weighted by Gasteiger charge is 2.60. The molecule has 0 spiro atoms. The molecule has 2 amide bonds. The summed E-state index contributed by atoms with van der Waals surface area (Å²) in [5.41, 5.74) is 0.0473. The van der Waals surface area contributed by atoms with E-state index in [-0.39, 0.29) is 29.3 Å². The number of fused-ring (bicyclic) bond motifs is 1. The minimum absolute atomic E-state index is 0.0473. The number of imide groups is 1. The van der Waals surface area contributed by atoms with Gasteiger partial charge in [0.25, 0.3) is 0 Å². The van der Waals surface area contributed by atoms with E-state index in [1.54, 1.807) is 7.05 Å². The molecule has 18 heavy (non-hydrogen) atoms. The normalized spacial score (nSPS) is 42.1. The molecule has 2 saturated heterocycles. The number of rotatable bonds is 2. The Labute approximate surface area is 107 Å². The van der Waals surface area contributed by atoms with E-state index in [0.717, 1.165) is 13.0 Å². The van der Waals surface area contributed by atoms with Crippen LogP contribution in [0.5, 0.6) is 0 Å². The van der Waals surface area contributed by atoms with E-state index in [0.29, 0.717) is 18.4 Å². The zero-order valence-corrected chi connectivity index (χ0v) is 11.1. The molecule has 3 rings (SSSR count). The third kappa shape index (κ3) is 1.47. The van der Waals surface area contributed by atoms with Gasteiger partial charge in [0, 0.05) is 31.0 Å². The number of carbonyl (C=O) groups is 2. The first-order valence-electron chi connectivity index (χ1n) is 6.61. The number of hydrogen-bond acceptors (Lipinski definition) is 4. The molecular weight excluding hydrogens is 232 g/mol. The van der Waals surface area contributed by atoms with Crippen molar-refractivity contribution in [1.82, 2.24) is 10.2 Å². The summed E-state index contributed by atoms with van der Waals surface area (Å²) < 4.78 is 5.73. The quantitative estimate of drug-likeness (QED) is 0.711. The zero-order chi connectivity index (χ0) is 13.1. The molecule has 1 saturated carbocycles. The molecule has 0 aromatic rings. The van der Waals surface area contributed by atoms with Crippen LogP contribution in [0.15, 0.2) is 0 Å². The van der Waals surface area contributed by atoms with Crippen molar-refractivity contribution in [3.05, 3.63) is 0 Å². The Kier molecular flexibility index (Phi) is 2.54. The lowest BCUT2D eigenvalue weighted by molar-refractivity contribution is -0.139. The topological polar surface area (TPSA) is 58.6 Å². The van der Waals surface area contributed by atoms with Gasteiger partial charge in [-0.1, -0.05) is 13.8 Å². The van der Waals surface area contributed by atoms with Crippen LogP contribution in [0.3, 0.4) is 0 Å². The summed E-state index contributed by atoms with van der Waals surface area (Å²) in [6.45, 7) is 5.15. The van der Waals surface area contributed by atoms with E-state index < -0.39 is 0 Å². The summed E-state index contributed by atoms with van der Waals surface area (Å²) in [6.07, 6.45) is 1.65. The van der Waals surface area contributed by atoms with Crippen molar-refractivity contribution in [1.29, 1.82) is 0 Å². The first kappa shape index (κ1) is 12.1. The van der Waals surface area contributed by atoms with Crippen molar-refractivity contribution in [3.8, 4) is 0 Å². The van der Waals surface area contributed by atoms with Crippen molar-refractivity contribution >= 4 is 11.8 Å². The minimum atomic E-state index is -0.340. The molecule has 4 atom stereocenters. The van der Waals surface area contributed by atoms with E-state index in [4.69, 9.17) is 4.74 Å². The highest BCUT2D eigenvalue weighted by atomic mass is 16.5. The van der Waals surface area contributed by atoms with E-state index in [2.05, 4.69) is 19.2 Å². The van der Waals surface area contributed by atoms with Gasteiger partial charge in [0.2, 0.25) is 11.8 Å². The highest BCUT2D eigenvalue weighted by Crippen LogP contribution is 2.52. The lowest BCUT2D eigenvalue weighted by Gasteiger charge is -2.55. The van der Waals surface area contributed by atoms with Crippen molar-refractivity contribution in [2.24, 2.45) is 11.3 Å². The van der Waals surface area contributed by atoms with Gasteiger partial charge in [-0.2, -0.15) is 0 Å². The van der Waals surface area contributed by atoms with Crippen molar-refractivity contribution in [2.75, 3.05) is 13.7 Å². The number of hydrogen-bond donors (Lipinski definition) is 1. The average molecular weight is 252 g/mol. The van der Waals surface area contributed by atoms with Crippen LogP contribution >= 0.6 is 0 Å². The standard InChI is InChI=1S/C13H20N2O3/c1-13(2)10(7-4-5-18-11(7)13)14-8-6-9(16)15(3)12(8)17/h7-8,10-11,14H,4-6H2,1-3H3. The van der Waals surface area contributed by atoms with E-state index >= 15 is 0 Å². The lowest BCUT2D eigenvalue weighted by atomic mass is 9.57. The van der Waals surface area contributed by atoms with Crippen LogP contribution in [0.25, 0.3) is 0 Å². The second-order valence-electron chi connectivity index (χ2n) is 6.26. The van der Waals surface area contributed by atoms with E-state index in [1.807, 2.05) is 0 Å². The maximum atomic E-state index is 11.9. The minimum Gasteiger partial charge on any atom is -0.377 e. The van der Waals surface area contributed by atoms with Crippen LogP contribution < -0.4 is 5.32 Å². The summed E-state index contributed by atoms with van der Waals surface area (Å²) in [4.78, 5) is 24.6. The fraction of sp³-hybridized carbons (Fsp3) is 0.846. The molecule has 4 unspecified atom stereocenters. The van der Waals surface area contributed by atoms with Crippen molar-refractivity contribution < 1.29 is 14.3 Å². The third-order valence-electron chi connectivity index (χ3n) is 4.86. The van der Waals surface area contributed by atoms with Gasteiger partial charge in [0.1, 0.15) is 0 Å². The second-order valence-corrected chi connectivity index (χ2v) is 6.26. The summed E-state index contributed by atoms with van der Waals surface area (Å²) in [5, 5.41) is 3.40. The van der Waals surface area contributed by atoms with Gasteiger partial charge < -0.3 is 10.1 Å². The van der Waals surface area contributed by atoms with Crippen LogP contribution in [-0.4, -0.2) is 48.6 Å². The first-order valence-corrected chi connectivity index (χ1v) is 6.61. The molecule has 5 heteroatoms. The Balaban J connectivity index is 1.71. The molecule has 2 aliphatic heterocycles. The number of ether oxygens (including phenoxy) is 1. The van der Waals surface area contributed by atoms with Crippen molar-refractivity contribution in [3.63, 3.8) is 0 Å². The number of likely N-dealkylation sites (tertiary alicyclic amines) is 1. The van der Waals surface area contributed by atoms with Gasteiger partial charge in [-0.05, 0) is 6.42 Å². The van der Waals surface area contributed by atoms with Gasteiger partial charge in [-0.25, -0.2) is 0 Å². The molecule has 3 aliphatic rings. The molecule has 0 bridgehead atoms. The highest BCUT2D eigenvalue weighted by molar-refractivity contribution is 6.05. The van der Waals surface area contributed by atoms with Crippen LogP contribution in [0.2, 0.25) is 0 Å². The molecule has 2 heterocycles. The summed E-state index contributed by atoms with van der Waals surface area (Å²) in [7, 11) is 1.56. The molecule has 1 aliphatic carbocycles. The summed E-state index contributed by atoms with van der Waals surface area (Å²) in [6, 6.07) is -0.0634. The monoisotopic (exact) mass is 252 g/mol. The Hall–Kier alpha value is -0.940. The largest absolute Gasteiger partial charge is 0.377 e. The fourth-order valence-corrected chi connectivity index (χ4v) is 3.77. The number of likely N-dealkylation sites (N-methyl/N-ethyl adjacent to an activating group) is 1. The summed E-state index contributed by atoms with van der Waals surface area (Å²) >= 11 is 0. The maximum Gasteiger partial charge on any atom is 0.246 e. The number of carbonyl (C=O) groups excluding carboxylic acids is 2. The van der Waals surface area contributed by atoms with Gasteiger partial charge in [-0.15, -0.1) is 0 Å². The maximum absolute atomic E-state index is 11.9. The summed E-state index contributed by atoms with van der Waals surface area (Å²) in [5.74, 6) is 0.306. The smallest absolute Gasteiger partial charge is 0.246 e. The lowest BCUT2D eigenvalue weighted by Crippen LogP contribution is -2.67. The molecule has 0 radical (unpaired) electrons. The van der Waals surface area contributed by atoms with Crippen LogP contribution in [0.4, 0.5) is 0 Å². The second kappa shape index (κ2) is 3.78. The predicted octanol–water partition coefficient (Wildman–Crippen LogP) is 0.147. The molecule has 1 N–H and O–H groups in total. The Bertz CT molecular complexity index is 407. The van der Waals surface area contributed by atoms with Gasteiger partial charge in [-0.3, -0.25) is 14.5 Å². The van der Waals surface area contributed by atoms with Crippen LogP contribution in [-0.2, 0) is 14.3 Å². The fourth-order valence-electron chi connectivity index (χ4n) is 3.77. The van der Waals surface area contributed by atoms with Crippen molar-refractivity contribution in [2.45, 2.75) is 44.9 Å². The Morgan fingerprint density at radius 3 is 2.72 bits per heavy atom. The molecule has 0 aromatic heterocycles. The third-order valence-corrected chi connectivity index (χ3v) is 4.86. The number of nitrogens with one attached hydrogen (secondary N) is 1. The molecule has 5 nitrogen and oxygen atoms in total. The van der Waals surface area contributed by atoms with E-state index in [9.17, 15) is 9.59 Å². The van der Waals surface area contributed by atoms with Gasteiger partial charge >= 0.3 is 0 Å². The van der Waals surface area contributed by atoms with Crippen LogP contribution in [0, 0.1) is 11.3 Å². The predicted molar refractivity (Wildman–Crippen MR) is 64.7 cm³/mol. The average Bonchev–Trinajstić information content (AvgIpc) is 2.86. The molecule has 100 valence electrons. The number of nitrogens with zero attached hydrogens (tertiary/aromatic N) is 1. The SMILES string of the molecule is CN1C(=O)CC(NC2C3CCOC3C2(C)C)C1=O. The molecule has 0 aromatic carbocycles. The molecular formula is C13H20N2O3. The Morgan fingerprint density at radius 2 is 2.11 bits per heavy atom.